The number of carbonyl (C=O) groups excluding carboxylic acids is 2. The summed E-state index contributed by atoms with van der Waals surface area (Å²) in [5.41, 5.74) is 1.77. The van der Waals surface area contributed by atoms with Gasteiger partial charge in [-0.2, -0.15) is 0 Å². The van der Waals surface area contributed by atoms with E-state index in [2.05, 4.69) is 5.32 Å². The van der Waals surface area contributed by atoms with E-state index in [4.69, 9.17) is 14.2 Å². The largest absolute Gasteiger partial charge is 0.486 e. The first-order valence-electron chi connectivity index (χ1n) is 11.9. The number of carbonyl (C=O) groups is 2. The van der Waals surface area contributed by atoms with Crippen molar-refractivity contribution < 1.29 is 28.2 Å². The third kappa shape index (κ3) is 4.64. The summed E-state index contributed by atoms with van der Waals surface area (Å²) in [6.45, 7) is 1.12. The highest BCUT2D eigenvalue weighted by molar-refractivity contribution is 6.01. The lowest BCUT2D eigenvalue weighted by atomic mass is 9.79. The van der Waals surface area contributed by atoms with Crippen molar-refractivity contribution in [1.29, 1.82) is 0 Å². The molecular formula is C28H27FN2O5. The summed E-state index contributed by atoms with van der Waals surface area (Å²) in [5, 5.41) is 3.01. The number of hydrogen-bond acceptors (Lipinski definition) is 5. The maximum Gasteiger partial charge on any atom is 0.254 e. The van der Waals surface area contributed by atoms with Gasteiger partial charge in [-0.3, -0.25) is 9.59 Å². The first kappa shape index (κ1) is 23.8. The molecule has 2 amide bonds. The molecule has 2 aliphatic heterocycles. The number of para-hydroxylation sites is 2. The Balaban J connectivity index is 1.45. The minimum atomic E-state index is -0.710. The van der Waals surface area contributed by atoms with Crippen LogP contribution in [-0.2, 0) is 9.53 Å². The second kappa shape index (κ2) is 10.4. The molecule has 0 saturated carbocycles. The van der Waals surface area contributed by atoms with Crippen LogP contribution in [0.3, 0.4) is 0 Å². The fourth-order valence-corrected chi connectivity index (χ4v) is 4.83. The maximum absolute atomic E-state index is 13.8. The van der Waals surface area contributed by atoms with Crippen LogP contribution in [0, 0.1) is 5.82 Å². The number of halogens is 1. The summed E-state index contributed by atoms with van der Waals surface area (Å²) in [4.78, 5) is 28.9. The predicted octanol–water partition coefficient (Wildman–Crippen LogP) is 3.71. The lowest BCUT2D eigenvalue weighted by Gasteiger charge is -2.42. The van der Waals surface area contributed by atoms with E-state index in [-0.39, 0.29) is 36.8 Å². The highest BCUT2D eigenvalue weighted by atomic mass is 19.1. The molecule has 3 aromatic carbocycles. The number of methoxy groups -OCH3 is 1. The van der Waals surface area contributed by atoms with Gasteiger partial charge in [-0.05, 0) is 41.5 Å². The normalized spacial score (nSPS) is 20.6. The molecule has 0 unspecified atom stereocenters. The van der Waals surface area contributed by atoms with Gasteiger partial charge in [-0.1, -0.05) is 42.5 Å². The fraction of sp³-hybridized carbons (Fsp3) is 0.286. The second-order valence-electron chi connectivity index (χ2n) is 8.80. The van der Waals surface area contributed by atoms with Gasteiger partial charge in [0.15, 0.2) is 11.5 Å². The average molecular weight is 491 g/mol. The highest BCUT2D eigenvalue weighted by Gasteiger charge is 2.44. The molecule has 3 atom stereocenters. The van der Waals surface area contributed by atoms with E-state index in [1.54, 1.807) is 42.3 Å². The van der Waals surface area contributed by atoms with Crippen LogP contribution in [0.1, 0.15) is 33.4 Å². The fourth-order valence-electron chi connectivity index (χ4n) is 4.83. The Morgan fingerprint density at radius 1 is 1.06 bits per heavy atom. The Morgan fingerprint density at radius 2 is 1.78 bits per heavy atom. The van der Waals surface area contributed by atoms with Crippen molar-refractivity contribution in [3.05, 3.63) is 95.3 Å². The van der Waals surface area contributed by atoms with Gasteiger partial charge in [0.25, 0.3) is 5.91 Å². The maximum atomic E-state index is 13.8. The number of nitrogens with one attached hydrogen (secondary N) is 1. The number of benzene rings is 3. The third-order valence-corrected chi connectivity index (χ3v) is 6.54. The standard InChI is InChI=1S/C28H27FN2O5/c1-34-15-14-31-26(18-10-12-19(29)13-11-18)25(21-6-2-3-7-22(21)28(31)33)27(32)30-16-20-17-35-23-8-4-5-9-24(23)36-20/h2-13,20,25-26H,14-17H2,1H3,(H,30,32)/t20-,25+,26-/m1/s1. The molecule has 8 heteroatoms. The van der Waals surface area contributed by atoms with Crippen molar-refractivity contribution in [2.45, 2.75) is 18.1 Å². The Bertz CT molecular complexity index is 1250. The smallest absolute Gasteiger partial charge is 0.254 e. The molecule has 0 aliphatic carbocycles. The van der Waals surface area contributed by atoms with Crippen molar-refractivity contribution in [2.75, 3.05) is 33.4 Å². The molecule has 0 bridgehead atoms. The van der Waals surface area contributed by atoms with Crippen LogP contribution in [0.5, 0.6) is 11.5 Å². The quantitative estimate of drug-likeness (QED) is 0.547. The summed E-state index contributed by atoms with van der Waals surface area (Å²) in [6, 6.07) is 19.8. The first-order valence-corrected chi connectivity index (χ1v) is 11.9. The van der Waals surface area contributed by atoms with Crippen LogP contribution < -0.4 is 14.8 Å². The van der Waals surface area contributed by atoms with Crippen molar-refractivity contribution in [1.82, 2.24) is 10.2 Å². The molecule has 7 nitrogen and oxygen atoms in total. The number of amides is 2. The van der Waals surface area contributed by atoms with E-state index >= 15 is 0 Å². The summed E-state index contributed by atoms with van der Waals surface area (Å²) in [6.07, 6.45) is -0.363. The monoisotopic (exact) mass is 490 g/mol. The predicted molar refractivity (Wildman–Crippen MR) is 131 cm³/mol. The van der Waals surface area contributed by atoms with Gasteiger partial charge < -0.3 is 24.4 Å². The SMILES string of the molecule is COCCN1C(=O)c2ccccc2[C@H](C(=O)NC[C@@H]2COc3ccccc3O2)[C@H]1c1ccc(F)cc1. The molecule has 2 aliphatic rings. The highest BCUT2D eigenvalue weighted by Crippen LogP contribution is 2.43. The number of nitrogens with zero attached hydrogens (tertiary/aromatic N) is 1. The molecule has 0 fully saturated rings. The molecule has 0 radical (unpaired) electrons. The summed E-state index contributed by atoms with van der Waals surface area (Å²) >= 11 is 0. The molecule has 0 saturated heterocycles. The van der Waals surface area contributed by atoms with Crippen LogP contribution in [-0.4, -0.2) is 56.2 Å². The molecule has 186 valence electrons. The van der Waals surface area contributed by atoms with Crippen molar-refractivity contribution in [3.63, 3.8) is 0 Å². The Hall–Kier alpha value is -3.91. The zero-order valence-corrected chi connectivity index (χ0v) is 19.9. The zero-order chi connectivity index (χ0) is 25.1. The number of hydrogen-bond donors (Lipinski definition) is 1. The Kier molecular flexibility index (Phi) is 6.86. The van der Waals surface area contributed by atoms with Crippen molar-refractivity contribution in [3.8, 4) is 11.5 Å². The van der Waals surface area contributed by atoms with Gasteiger partial charge in [0.05, 0.1) is 25.1 Å². The van der Waals surface area contributed by atoms with E-state index in [1.807, 2.05) is 30.3 Å². The van der Waals surface area contributed by atoms with E-state index in [0.717, 1.165) is 0 Å². The Labute approximate surface area is 208 Å². The van der Waals surface area contributed by atoms with E-state index in [9.17, 15) is 14.0 Å². The van der Waals surface area contributed by atoms with E-state index in [0.29, 0.717) is 41.4 Å². The van der Waals surface area contributed by atoms with Gasteiger partial charge in [0, 0.05) is 19.2 Å². The lowest BCUT2D eigenvalue weighted by Crippen LogP contribution is -2.50. The van der Waals surface area contributed by atoms with Crippen LogP contribution >= 0.6 is 0 Å². The van der Waals surface area contributed by atoms with Gasteiger partial charge in [0.1, 0.15) is 18.5 Å². The molecule has 0 aromatic heterocycles. The molecule has 3 aromatic rings. The Morgan fingerprint density at radius 3 is 2.56 bits per heavy atom. The molecular weight excluding hydrogens is 463 g/mol. The van der Waals surface area contributed by atoms with Crippen LogP contribution in [0.4, 0.5) is 4.39 Å². The minimum absolute atomic E-state index is 0.193. The molecule has 36 heavy (non-hydrogen) atoms. The average Bonchev–Trinajstić information content (AvgIpc) is 2.91. The first-order chi connectivity index (χ1) is 17.6. The second-order valence-corrected chi connectivity index (χ2v) is 8.80. The van der Waals surface area contributed by atoms with Crippen molar-refractivity contribution >= 4 is 11.8 Å². The van der Waals surface area contributed by atoms with Crippen LogP contribution in [0.15, 0.2) is 72.8 Å². The van der Waals surface area contributed by atoms with Gasteiger partial charge >= 0.3 is 0 Å². The lowest BCUT2D eigenvalue weighted by molar-refractivity contribution is -0.124. The van der Waals surface area contributed by atoms with E-state index < -0.39 is 12.0 Å². The summed E-state index contributed by atoms with van der Waals surface area (Å²) in [5.74, 6) is -0.245. The summed E-state index contributed by atoms with van der Waals surface area (Å²) in [7, 11) is 1.56. The number of ether oxygens (including phenoxy) is 3. The number of fused-ring (bicyclic) bond motifs is 2. The van der Waals surface area contributed by atoms with Gasteiger partial charge in [0.2, 0.25) is 5.91 Å². The van der Waals surface area contributed by atoms with Crippen molar-refractivity contribution in [2.24, 2.45) is 0 Å². The minimum Gasteiger partial charge on any atom is -0.486 e. The molecule has 1 N–H and O–H groups in total. The van der Waals surface area contributed by atoms with Gasteiger partial charge in [-0.25, -0.2) is 4.39 Å². The topological polar surface area (TPSA) is 77.1 Å². The van der Waals surface area contributed by atoms with Gasteiger partial charge in [-0.15, -0.1) is 0 Å². The third-order valence-electron chi connectivity index (χ3n) is 6.54. The number of rotatable bonds is 7. The zero-order valence-electron chi connectivity index (χ0n) is 19.9. The molecule has 0 spiro atoms. The summed E-state index contributed by atoms with van der Waals surface area (Å²) < 4.78 is 30.8. The molecule has 2 heterocycles. The van der Waals surface area contributed by atoms with Crippen LogP contribution in [0.2, 0.25) is 0 Å². The van der Waals surface area contributed by atoms with Crippen LogP contribution in [0.25, 0.3) is 0 Å². The van der Waals surface area contributed by atoms with E-state index in [1.165, 1.54) is 12.1 Å². The molecule has 5 rings (SSSR count).